The molecule has 0 bridgehead atoms. The molecule has 0 aromatic rings. The van der Waals surface area contributed by atoms with Gasteiger partial charge in [0.1, 0.15) is 11.6 Å². The number of ether oxygens (including phenoxy) is 2. The van der Waals surface area contributed by atoms with Gasteiger partial charge in [-0.2, -0.15) is 0 Å². The Bertz CT molecular complexity index is 298. The number of esters is 1. The molecule has 1 N–H and O–H groups in total. The van der Waals surface area contributed by atoms with E-state index in [9.17, 15) is 9.59 Å². The van der Waals surface area contributed by atoms with Crippen molar-refractivity contribution in [3.63, 3.8) is 0 Å². The molecule has 17 heavy (non-hydrogen) atoms. The van der Waals surface area contributed by atoms with Crippen molar-refractivity contribution in [1.82, 2.24) is 10.2 Å². The van der Waals surface area contributed by atoms with E-state index >= 15 is 0 Å². The predicted octanol–water partition coefficient (Wildman–Crippen LogP) is 0.368. The maximum Gasteiger partial charge on any atom is 0.411 e. The number of amides is 1. The Hall–Kier alpha value is -1.30. The zero-order valence-corrected chi connectivity index (χ0v) is 10.8. The summed E-state index contributed by atoms with van der Waals surface area (Å²) in [6, 6.07) is -0.608. The molecule has 1 saturated heterocycles. The van der Waals surface area contributed by atoms with E-state index < -0.39 is 23.7 Å². The first-order chi connectivity index (χ1) is 7.85. The highest BCUT2D eigenvalue weighted by Gasteiger charge is 2.35. The third-order valence-corrected chi connectivity index (χ3v) is 2.34. The number of hydrogen-bond donors (Lipinski definition) is 1. The van der Waals surface area contributed by atoms with Crippen LogP contribution in [0.15, 0.2) is 0 Å². The highest BCUT2D eigenvalue weighted by atomic mass is 16.6. The normalized spacial score (nSPS) is 20.9. The summed E-state index contributed by atoms with van der Waals surface area (Å²) in [6.45, 7) is 6.86. The second kappa shape index (κ2) is 5.35. The summed E-state index contributed by atoms with van der Waals surface area (Å²) in [6.07, 6.45) is -0.477. The topological polar surface area (TPSA) is 67.9 Å². The average molecular weight is 244 g/mol. The lowest BCUT2D eigenvalue weighted by atomic mass is 10.2. The molecule has 6 heteroatoms. The summed E-state index contributed by atoms with van der Waals surface area (Å²) < 4.78 is 9.93. The van der Waals surface area contributed by atoms with Crippen LogP contribution in [-0.4, -0.2) is 55.3 Å². The summed E-state index contributed by atoms with van der Waals surface area (Å²) in [5, 5.41) is 3.05. The van der Waals surface area contributed by atoms with Gasteiger partial charge in [0, 0.05) is 19.6 Å². The summed E-state index contributed by atoms with van der Waals surface area (Å²) in [7, 11) is 1.31. The van der Waals surface area contributed by atoms with E-state index in [-0.39, 0.29) is 0 Å². The van der Waals surface area contributed by atoms with Gasteiger partial charge in [-0.1, -0.05) is 0 Å². The number of nitrogens with zero attached hydrogens (tertiary/aromatic N) is 1. The third kappa shape index (κ3) is 3.89. The molecule has 1 fully saturated rings. The molecule has 1 heterocycles. The van der Waals surface area contributed by atoms with Crippen LogP contribution in [0.5, 0.6) is 0 Å². The van der Waals surface area contributed by atoms with Gasteiger partial charge in [-0.3, -0.25) is 4.90 Å². The molecule has 1 atom stereocenters. The van der Waals surface area contributed by atoms with Crippen molar-refractivity contribution in [2.75, 3.05) is 26.7 Å². The average Bonchev–Trinajstić information content (AvgIpc) is 2.25. The van der Waals surface area contributed by atoms with E-state index in [1.54, 1.807) is 20.8 Å². The largest absolute Gasteiger partial charge is 0.467 e. The summed E-state index contributed by atoms with van der Waals surface area (Å²) in [5.74, 6) is -0.428. The van der Waals surface area contributed by atoms with E-state index in [0.29, 0.717) is 19.6 Å². The van der Waals surface area contributed by atoms with Gasteiger partial charge in [-0.15, -0.1) is 0 Å². The molecule has 0 unspecified atom stereocenters. The molecular formula is C11H20N2O4. The lowest BCUT2D eigenvalue weighted by Crippen LogP contribution is -2.58. The molecule has 1 amide bonds. The first-order valence-electron chi connectivity index (χ1n) is 5.63. The van der Waals surface area contributed by atoms with Crippen molar-refractivity contribution < 1.29 is 19.1 Å². The van der Waals surface area contributed by atoms with Gasteiger partial charge in [0.15, 0.2) is 0 Å². The van der Waals surface area contributed by atoms with Crippen LogP contribution in [0.25, 0.3) is 0 Å². The van der Waals surface area contributed by atoms with Crippen LogP contribution in [-0.2, 0) is 14.3 Å². The molecule has 1 rings (SSSR count). The first kappa shape index (κ1) is 13.8. The lowest BCUT2D eigenvalue weighted by molar-refractivity contribution is -0.147. The van der Waals surface area contributed by atoms with Crippen LogP contribution in [0.3, 0.4) is 0 Å². The fraction of sp³-hybridized carbons (Fsp3) is 0.818. The minimum Gasteiger partial charge on any atom is -0.467 e. The molecule has 1 aliphatic heterocycles. The number of rotatable bonds is 1. The monoisotopic (exact) mass is 244 g/mol. The summed E-state index contributed by atoms with van der Waals surface area (Å²) >= 11 is 0. The van der Waals surface area contributed by atoms with Gasteiger partial charge >= 0.3 is 12.1 Å². The van der Waals surface area contributed by atoms with E-state index in [4.69, 9.17) is 4.74 Å². The molecule has 1 aliphatic rings. The minimum atomic E-state index is -0.608. The predicted molar refractivity (Wildman–Crippen MR) is 61.6 cm³/mol. The first-order valence-corrected chi connectivity index (χ1v) is 5.63. The van der Waals surface area contributed by atoms with E-state index in [1.165, 1.54) is 12.0 Å². The summed E-state index contributed by atoms with van der Waals surface area (Å²) in [4.78, 5) is 24.9. The third-order valence-electron chi connectivity index (χ3n) is 2.34. The quantitative estimate of drug-likeness (QED) is 0.675. The summed E-state index contributed by atoms with van der Waals surface area (Å²) in [5.41, 5.74) is -0.567. The minimum absolute atomic E-state index is 0.395. The zero-order valence-electron chi connectivity index (χ0n) is 10.8. The van der Waals surface area contributed by atoms with E-state index in [0.717, 1.165) is 0 Å². The number of nitrogens with one attached hydrogen (secondary N) is 1. The number of hydrogen-bond acceptors (Lipinski definition) is 5. The van der Waals surface area contributed by atoms with Crippen molar-refractivity contribution in [2.24, 2.45) is 0 Å². The Morgan fingerprint density at radius 3 is 2.53 bits per heavy atom. The van der Waals surface area contributed by atoms with Crippen LogP contribution >= 0.6 is 0 Å². The molecule has 98 valence electrons. The van der Waals surface area contributed by atoms with Gasteiger partial charge in [0.25, 0.3) is 0 Å². The van der Waals surface area contributed by atoms with Crippen molar-refractivity contribution in [1.29, 1.82) is 0 Å². The number of methoxy groups -OCH3 is 1. The van der Waals surface area contributed by atoms with Crippen LogP contribution in [0.1, 0.15) is 20.8 Å². The van der Waals surface area contributed by atoms with E-state index in [2.05, 4.69) is 10.1 Å². The lowest BCUT2D eigenvalue weighted by Gasteiger charge is -2.35. The van der Waals surface area contributed by atoms with Gasteiger partial charge in [-0.05, 0) is 20.8 Å². The number of carbonyl (C=O) groups is 2. The highest BCUT2D eigenvalue weighted by Crippen LogP contribution is 2.13. The van der Waals surface area contributed by atoms with Crippen molar-refractivity contribution >= 4 is 12.1 Å². The molecule has 0 aliphatic carbocycles. The molecule has 0 aromatic heterocycles. The number of piperazine rings is 1. The van der Waals surface area contributed by atoms with Crippen LogP contribution in [0.4, 0.5) is 4.79 Å². The van der Waals surface area contributed by atoms with Crippen LogP contribution < -0.4 is 5.32 Å². The fourth-order valence-electron chi connectivity index (χ4n) is 1.59. The van der Waals surface area contributed by atoms with Crippen molar-refractivity contribution in [3.05, 3.63) is 0 Å². The zero-order chi connectivity index (χ0) is 13.1. The van der Waals surface area contributed by atoms with Gasteiger partial charge in [0.2, 0.25) is 0 Å². The number of carbonyl (C=O) groups excluding carboxylic acids is 2. The van der Waals surface area contributed by atoms with E-state index in [1.807, 2.05) is 0 Å². The van der Waals surface area contributed by atoms with Gasteiger partial charge in [-0.25, -0.2) is 9.59 Å². The Balaban J connectivity index is 2.71. The second-order valence-corrected chi connectivity index (χ2v) is 4.92. The maximum atomic E-state index is 11.9. The molecule has 6 nitrogen and oxygen atoms in total. The Morgan fingerprint density at radius 2 is 2.00 bits per heavy atom. The van der Waals surface area contributed by atoms with Crippen LogP contribution in [0.2, 0.25) is 0 Å². The standard InChI is InChI=1S/C11H20N2O4/c1-11(2,3)17-10(15)13-6-5-12-7-8(13)9(14)16-4/h8,12H,5-7H2,1-4H3/t8-/m0/s1. The fourth-order valence-corrected chi connectivity index (χ4v) is 1.59. The molecule has 0 aromatic carbocycles. The maximum absolute atomic E-state index is 11.9. The molecule has 0 spiro atoms. The molecular weight excluding hydrogens is 224 g/mol. The molecule has 0 radical (unpaired) electrons. The SMILES string of the molecule is COC(=O)[C@@H]1CNCCN1C(=O)OC(C)(C)C. The van der Waals surface area contributed by atoms with Crippen molar-refractivity contribution in [3.8, 4) is 0 Å². The smallest absolute Gasteiger partial charge is 0.411 e. The van der Waals surface area contributed by atoms with Gasteiger partial charge in [0.05, 0.1) is 7.11 Å². The Kier molecular flexibility index (Phi) is 4.34. The molecule has 0 saturated carbocycles. The van der Waals surface area contributed by atoms with Gasteiger partial charge < -0.3 is 14.8 Å². The second-order valence-electron chi connectivity index (χ2n) is 4.92. The highest BCUT2D eigenvalue weighted by molar-refractivity contribution is 5.82. The van der Waals surface area contributed by atoms with Crippen LogP contribution in [0, 0.1) is 0 Å². The van der Waals surface area contributed by atoms with Crippen molar-refractivity contribution in [2.45, 2.75) is 32.4 Å². The Labute approximate surface area is 101 Å². The Morgan fingerprint density at radius 1 is 1.35 bits per heavy atom.